The highest BCUT2D eigenvalue weighted by molar-refractivity contribution is 7.99. The highest BCUT2D eigenvalue weighted by Crippen LogP contribution is 2.53. The smallest absolute Gasteiger partial charge is 0.317 e. The number of nitrogens with zero attached hydrogens (tertiary/aromatic N) is 3. The first-order valence-electron chi connectivity index (χ1n) is 18.7. The first-order chi connectivity index (χ1) is 25.3. The van der Waals surface area contributed by atoms with Crippen molar-refractivity contribution in [3.63, 3.8) is 0 Å². The lowest BCUT2D eigenvalue weighted by atomic mass is 9.82. The van der Waals surface area contributed by atoms with Crippen LogP contribution in [0.1, 0.15) is 85.9 Å². The van der Waals surface area contributed by atoms with E-state index in [4.69, 9.17) is 0 Å². The van der Waals surface area contributed by atoms with E-state index in [1.807, 2.05) is 28.4 Å². The quantitative estimate of drug-likeness (QED) is 0.307. The second-order valence-corrected chi connectivity index (χ2v) is 16.9. The third-order valence-corrected chi connectivity index (χ3v) is 14.1. The topological polar surface area (TPSA) is 151 Å². The average molecular weight is 747 g/mol. The molecule has 2 aromatic carbocycles. The zero-order valence-corrected chi connectivity index (χ0v) is 30.9. The molecular formula is C38H46N6O6S2. The van der Waals surface area contributed by atoms with Gasteiger partial charge < -0.3 is 20.2 Å². The van der Waals surface area contributed by atoms with Gasteiger partial charge in [-0.3, -0.25) is 39.5 Å². The van der Waals surface area contributed by atoms with E-state index >= 15 is 0 Å². The van der Waals surface area contributed by atoms with Crippen molar-refractivity contribution in [1.82, 2.24) is 20.9 Å². The molecule has 4 saturated heterocycles. The number of carboxylic acids is 1. The predicted octanol–water partition coefficient (Wildman–Crippen LogP) is 3.59. The van der Waals surface area contributed by atoms with Crippen LogP contribution in [0.3, 0.4) is 0 Å². The van der Waals surface area contributed by atoms with Gasteiger partial charge in [-0.05, 0) is 105 Å². The number of amides is 4. The van der Waals surface area contributed by atoms with E-state index in [-0.39, 0.29) is 48.6 Å². The maximum absolute atomic E-state index is 13.8. The number of carboxylic acid groups (broad SMARTS) is 1. The van der Waals surface area contributed by atoms with Gasteiger partial charge in [-0.25, -0.2) is 0 Å². The Morgan fingerprint density at radius 3 is 2.13 bits per heavy atom. The number of carbonyl (C=O) groups is 5. The van der Waals surface area contributed by atoms with E-state index < -0.39 is 18.1 Å². The molecule has 0 radical (unpaired) electrons. The fourth-order valence-electron chi connectivity index (χ4n) is 9.27. The Morgan fingerprint density at radius 2 is 1.44 bits per heavy atom. The zero-order valence-electron chi connectivity index (χ0n) is 29.2. The van der Waals surface area contributed by atoms with Crippen molar-refractivity contribution in [2.24, 2.45) is 0 Å². The summed E-state index contributed by atoms with van der Waals surface area (Å²) in [6, 6.07) is 9.75. The monoisotopic (exact) mass is 746 g/mol. The molecule has 276 valence electrons. The minimum absolute atomic E-state index is 0.0171. The van der Waals surface area contributed by atoms with Crippen molar-refractivity contribution in [3.8, 4) is 0 Å². The summed E-state index contributed by atoms with van der Waals surface area (Å²) in [5.74, 6) is 0.309. The van der Waals surface area contributed by atoms with Crippen LogP contribution in [0.15, 0.2) is 40.1 Å². The lowest BCUT2D eigenvalue weighted by Crippen LogP contribution is -2.55. The van der Waals surface area contributed by atoms with Crippen molar-refractivity contribution in [2.45, 2.75) is 91.1 Å². The summed E-state index contributed by atoms with van der Waals surface area (Å²) < 4.78 is 0. The molecule has 4 fully saturated rings. The van der Waals surface area contributed by atoms with Gasteiger partial charge in [0.05, 0.1) is 24.0 Å². The summed E-state index contributed by atoms with van der Waals surface area (Å²) in [6.45, 7) is 4.00. The number of hydrogen-bond donors (Lipinski definition) is 4. The van der Waals surface area contributed by atoms with Gasteiger partial charge in [0.15, 0.2) is 0 Å². The molecule has 6 heterocycles. The number of piperidine rings is 4. The number of imide groups is 2. The Balaban J connectivity index is 1.24. The number of nitrogens with one attached hydrogen (secondary N) is 3. The number of likely N-dealkylation sites (tertiary alicyclic amines) is 1. The first kappa shape index (κ1) is 35.4. The molecule has 12 nitrogen and oxygen atoms in total. The molecule has 52 heavy (non-hydrogen) atoms. The molecule has 4 N–H and O–H groups in total. The Bertz CT molecular complexity index is 1780. The molecule has 3 atom stereocenters. The summed E-state index contributed by atoms with van der Waals surface area (Å²) in [7, 11) is 0. The van der Waals surface area contributed by atoms with Crippen LogP contribution in [0.2, 0.25) is 0 Å². The molecule has 0 aromatic heterocycles. The summed E-state index contributed by atoms with van der Waals surface area (Å²) >= 11 is 3.68. The van der Waals surface area contributed by atoms with Crippen LogP contribution in [-0.4, -0.2) is 102 Å². The van der Waals surface area contributed by atoms with Crippen LogP contribution < -0.4 is 25.8 Å². The Labute approximate surface area is 312 Å². The fraction of sp³-hybridized carbons (Fsp3) is 0.553. The van der Waals surface area contributed by atoms with Crippen LogP contribution in [0.5, 0.6) is 0 Å². The van der Waals surface area contributed by atoms with E-state index in [2.05, 4.69) is 56.1 Å². The van der Waals surface area contributed by atoms with Crippen molar-refractivity contribution >= 4 is 64.5 Å². The second kappa shape index (κ2) is 15.0. The van der Waals surface area contributed by atoms with Gasteiger partial charge >= 0.3 is 5.97 Å². The highest BCUT2D eigenvalue weighted by atomic mass is 32.2. The number of benzene rings is 2. The normalized spacial score (nSPS) is 26.4. The van der Waals surface area contributed by atoms with Gasteiger partial charge in [0.1, 0.15) is 12.1 Å². The number of fused-ring (bicyclic) bond motifs is 2. The Hall–Kier alpha value is -3.59. The van der Waals surface area contributed by atoms with Crippen LogP contribution in [0.25, 0.3) is 0 Å². The molecular weight excluding hydrogens is 701 g/mol. The lowest BCUT2D eigenvalue weighted by molar-refractivity contribution is -0.139. The lowest BCUT2D eigenvalue weighted by Gasteiger charge is -2.47. The van der Waals surface area contributed by atoms with Gasteiger partial charge in [-0.15, -0.1) is 23.5 Å². The number of thioether (sulfide) groups is 2. The van der Waals surface area contributed by atoms with Crippen LogP contribution >= 0.6 is 23.5 Å². The van der Waals surface area contributed by atoms with Gasteiger partial charge in [-0.2, -0.15) is 0 Å². The summed E-state index contributed by atoms with van der Waals surface area (Å²) in [5, 5.41) is 18.2. The van der Waals surface area contributed by atoms with E-state index in [0.717, 1.165) is 72.1 Å². The van der Waals surface area contributed by atoms with Gasteiger partial charge in [-0.1, -0.05) is 18.2 Å². The molecule has 4 amide bonds. The third kappa shape index (κ3) is 6.83. The molecule has 0 saturated carbocycles. The fourth-order valence-corrected chi connectivity index (χ4v) is 11.9. The molecule has 6 aliphatic heterocycles. The minimum atomic E-state index is -0.826. The maximum atomic E-state index is 13.8. The van der Waals surface area contributed by atoms with Crippen molar-refractivity contribution < 1.29 is 29.1 Å². The van der Waals surface area contributed by atoms with Crippen molar-refractivity contribution in [2.75, 3.05) is 60.6 Å². The van der Waals surface area contributed by atoms with Crippen molar-refractivity contribution in [3.05, 3.63) is 47.0 Å². The van der Waals surface area contributed by atoms with E-state index in [1.54, 1.807) is 0 Å². The third-order valence-electron chi connectivity index (χ3n) is 11.7. The minimum Gasteiger partial charge on any atom is -0.480 e. The van der Waals surface area contributed by atoms with Gasteiger partial charge in [0.2, 0.25) is 23.6 Å². The number of rotatable bonds is 7. The Morgan fingerprint density at radius 1 is 0.731 bits per heavy atom. The van der Waals surface area contributed by atoms with Crippen LogP contribution in [0.4, 0.5) is 11.4 Å². The summed E-state index contributed by atoms with van der Waals surface area (Å²) in [5.41, 5.74) is 5.77. The predicted molar refractivity (Wildman–Crippen MR) is 200 cm³/mol. The maximum Gasteiger partial charge on any atom is 0.317 e. The molecule has 6 aliphatic rings. The molecule has 0 bridgehead atoms. The first-order valence-corrected chi connectivity index (χ1v) is 20.7. The van der Waals surface area contributed by atoms with Gasteiger partial charge in [0, 0.05) is 40.7 Å². The molecule has 0 aliphatic carbocycles. The van der Waals surface area contributed by atoms with Crippen LogP contribution in [0, 0.1) is 0 Å². The van der Waals surface area contributed by atoms with E-state index in [0.29, 0.717) is 44.8 Å². The van der Waals surface area contributed by atoms with Crippen molar-refractivity contribution in [1.29, 1.82) is 0 Å². The summed E-state index contributed by atoms with van der Waals surface area (Å²) in [6.07, 6.45) is 5.22. The van der Waals surface area contributed by atoms with E-state index in [9.17, 15) is 29.1 Å². The Kier molecular flexibility index (Phi) is 10.2. The second-order valence-electron chi connectivity index (χ2n) is 14.8. The SMILES string of the molecule is O=C(O)CN1CCC(c2c(C3CSc4c(C5CCNCC5)cccc4N3C3CCC(=O)NC3=O)ccc3c2SCCN3C2CCC(=O)NC2=O)CC1. The average Bonchev–Trinajstić information content (AvgIpc) is 3.14. The van der Waals surface area contributed by atoms with Gasteiger partial charge in [0.25, 0.3) is 0 Å². The van der Waals surface area contributed by atoms with E-state index in [1.165, 1.54) is 16.0 Å². The molecule has 2 aromatic rings. The number of anilines is 2. The summed E-state index contributed by atoms with van der Waals surface area (Å²) in [4.78, 5) is 71.9. The number of hydrogen-bond acceptors (Lipinski definition) is 11. The molecule has 3 unspecified atom stereocenters. The standard InChI is InChI=1S/C38H46N6O6S2/c45-31-8-6-28(37(49)40-31)43-18-19-51-36-26(43)5-4-25(34(36)23-12-16-42(17-13-23)20-33(47)48)30-21-52-35-24(22-10-14-39-15-11-22)2-1-3-27(35)44(30)29-7-9-32(46)41-38(29)50/h1-5,22-23,28-30,39H,6-21H2,(H,47,48)(H,40,45,49)(H,41,46,50). The zero-order chi connectivity index (χ0) is 35.9. The molecule has 14 heteroatoms. The van der Waals surface area contributed by atoms with Crippen LogP contribution in [-0.2, 0) is 24.0 Å². The molecule has 8 rings (SSSR count). The molecule has 0 spiro atoms. The number of aliphatic carboxylic acids is 1. The largest absolute Gasteiger partial charge is 0.480 e. The number of carbonyl (C=O) groups excluding carboxylic acids is 4. The highest BCUT2D eigenvalue weighted by Gasteiger charge is 2.43.